The Balaban J connectivity index is 0.00000180. The molecule has 0 radical (unpaired) electrons. The number of rotatable bonds is 3. The average molecular weight is 262 g/mol. The molecule has 102 valence electrons. The van der Waals surface area contributed by atoms with Gasteiger partial charge in [0.2, 0.25) is 0 Å². The lowest BCUT2D eigenvalue weighted by molar-refractivity contribution is 0.104. The van der Waals surface area contributed by atoms with Crippen molar-refractivity contribution in [2.45, 2.75) is 26.5 Å². The van der Waals surface area contributed by atoms with E-state index in [1.165, 1.54) is 0 Å². The molecule has 1 amide bonds. The number of azide groups is 1. The molecule has 1 fully saturated rings. The molecule has 1 aromatic carbocycles. The van der Waals surface area contributed by atoms with E-state index < -0.39 is 0 Å². The maximum absolute atomic E-state index is 11.7. The van der Waals surface area contributed by atoms with Gasteiger partial charge in [-0.2, -0.15) is 0 Å². The van der Waals surface area contributed by atoms with Crippen molar-refractivity contribution in [1.82, 2.24) is 4.90 Å². The number of hydrogen-bond acceptors (Lipinski definition) is 3. The Labute approximate surface area is 112 Å². The minimum atomic E-state index is -0.352. The van der Waals surface area contributed by atoms with Crippen LogP contribution in [-0.4, -0.2) is 30.1 Å². The molecule has 0 N–H and O–H groups in total. The van der Waals surface area contributed by atoms with Gasteiger partial charge in [0.1, 0.15) is 6.61 Å². The van der Waals surface area contributed by atoms with Gasteiger partial charge in [0.15, 0.2) is 0 Å². The van der Waals surface area contributed by atoms with E-state index in [1.54, 1.807) is 4.90 Å². The standard InChI is InChI=1S/C12H14N4O2.CH4/c13-15-14-11-6-7-16(8-11)12(17)18-9-10-4-2-1-3-5-10;/h1-5,11H,6-9H2;1H4/t11-;/m1./s1. The van der Waals surface area contributed by atoms with E-state index in [2.05, 4.69) is 10.0 Å². The molecule has 0 unspecified atom stereocenters. The lowest BCUT2D eigenvalue weighted by atomic mass is 10.2. The van der Waals surface area contributed by atoms with E-state index in [9.17, 15) is 4.79 Å². The molecule has 1 heterocycles. The molecule has 6 nitrogen and oxygen atoms in total. The van der Waals surface area contributed by atoms with Gasteiger partial charge in [-0.25, -0.2) is 4.79 Å². The predicted molar refractivity (Wildman–Crippen MR) is 72.5 cm³/mol. The van der Waals surface area contributed by atoms with Crippen molar-refractivity contribution in [1.29, 1.82) is 0 Å². The van der Waals surface area contributed by atoms with Crippen molar-refractivity contribution in [2.75, 3.05) is 13.1 Å². The third-order valence-electron chi connectivity index (χ3n) is 2.84. The molecule has 0 aromatic heterocycles. The largest absolute Gasteiger partial charge is 0.445 e. The molecule has 1 atom stereocenters. The van der Waals surface area contributed by atoms with Crippen LogP contribution in [0.5, 0.6) is 0 Å². The summed E-state index contributed by atoms with van der Waals surface area (Å²) in [6.45, 7) is 1.29. The van der Waals surface area contributed by atoms with Gasteiger partial charge >= 0.3 is 6.09 Å². The van der Waals surface area contributed by atoms with Crippen LogP contribution in [0.25, 0.3) is 10.4 Å². The van der Waals surface area contributed by atoms with Gasteiger partial charge in [-0.05, 0) is 17.5 Å². The monoisotopic (exact) mass is 262 g/mol. The predicted octanol–water partition coefficient (Wildman–Crippen LogP) is 3.34. The Bertz CT molecular complexity index is 457. The minimum absolute atomic E-state index is 0. The zero-order valence-electron chi connectivity index (χ0n) is 9.90. The Hall–Kier alpha value is -2.20. The van der Waals surface area contributed by atoms with Gasteiger partial charge in [0.05, 0.1) is 6.04 Å². The van der Waals surface area contributed by atoms with Crippen LogP contribution in [0.1, 0.15) is 19.4 Å². The second-order valence-electron chi connectivity index (χ2n) is 4.13. The van der Waals surface area contributed by atoms with E-state index in [0.717, 1.165) is 5.56 Å². The van der Waals surface area contributed by atoms with E-state index in [0.29, 0.717) is 19.5 Å². The molecule has 1 aromatic rings. The number of benzene rings is 1. The highest BCUT2D eigenvalue weighted by molar-refractivity contribution is 5.68. The lowest BCUT2D eigenvalue weighted by Crippen LogP contribution is -2.29. The highest BCUT2D eigenvalue weighted by Gasteiger charge is 2.26. The number of carbonyl (C=O) groups excluding carboxylic acids is 1. The fraction of sp³-hybridized carbons (Fsp3) is 0.462. The summed E-state index contributed by atoms with van der Waals surface area (Å²) in [5.74, 6) is 0. The number of ether oxygens (including phenoxy) is 1. The van der Waals surface area contributed by atoms with E-state index in [1.807, 2.05) is 30.3 Å². The van der Waals surface area contributed by atoms with Crippen LogP contribution in [0.15, 0.2) is 35.4 Å². The van der Waals surface area contributed by atoms with Crippen molar-refractivity contribution in [3.8, 4) is 0 Å². The third-order valence-corrected chi connectivity index (χ3v) is 2.84. The summed E-state index contributed by atoms with van der Waals surface area (Å²) >= 11 is 0. The molecular formula is C13H18N4O2. The number of hydrogen-bond donors (Lipinski definition) is 0. The van der Waals surface area contributed by atoms with Crippen LogP contribution in [0.3, 0.4) is 0 Å². The van der Waals surface area contributed by atoms with Crippen LogP contribution in [0, 0.1) is 0 Å². The minimum Gasteiger partial charge on any atom is -0.445 e. The average Bonchev–Trinajstić information content (AvgIpc) is 2.86. The van der Waals surface area contributed by atoms with Crippen molar-refractivity contribution in [3.63, 3.8) is 0 Å². The summed E-state index contributed by atoms with van der Waals surface area (Å²) in [7, 11) is 0. The highest BCUT2D eigenvalue weighted by Crippen LogP contribution is 2.14. The van der Waals surface area contributed by atoms with Gasteiger partial charge in [-0.1, -0.05) is 42.9 Å². The SMILES string of the molecule is C.[N-]=[N+]=N[C@@H]1CCN(C(=O)OCc2ccccc2)C1. The highest BCUT2D eigenvalue weighted by atomic mass is 16.6. The van der Waals surface area contributed by atoms with E-state index in [-0.39, 0.29) is 26.2 Å². The molecule has 0 aliphatic carbocycles. The molecule has 6 heteroatoms. The van der Waals surface area contributed by atoms with Gasteiger partial charge < -0.3 is 9.64 Å². The molecule has 1 aliphatic heterocycles. The summed E-state index contributed by atoms with van der Waals surface area (Å²) < 4.78 is 5.19. The second kappa shape index (κ2) is 7.28. The number of amides is 1. The van der Waals surface area contributed by atoms with Crippen LogP contribution < -0.4 is 0 Å². The second-order valence-corrected chi connectivity index (χ2v) is 4.13. The van der Waals surface area contributed by atoms with Crippen molar-refractivity contribution < 1.29 is 9.53 Å². The van der Waals surface area contributed by atoms with E-state index >= 15 is 0 Å². The van der Waals surface area contributed by atoms with Gasteiger partial charge in [0, 0.05) is 18.0 Å². The van der Waals surface area contributed by atoms with Crippen molar-refractivity contribution in [3.05, 3.63) is 46.3 Å². The number of nitrogens with zero attached hydrogens (tertiary/aromatic N) is 4. The maximum Gasteiger partial charge on any atom is 0.410 e. The van der Waals surface area contributed by atoms with Gasteiger partial charge in [0.25, 0.3) is 0 Å². The topological polar surface area (TPSA) is 78.3 Å². The quantitative estimate of drug-likeness (QED) is 0.475. The Morgan fingerprint density at radius 3 is 2.89 bits per heavy atom. The first-order chi connectivity index (χ1) is 8.79. The van der Waals surface area contributed by atoms with Crippen molar-refractivity contribution >= 4 is 6.09 Å². The van der Waals surface area contributed by atoms with Crippen LogP contribution in [0.2, 0.25) is 0 Å². The Morgan fingerprint density at radius 2 is 2.21 bits per heavy atom. The van der Waals surface area contributed by atoms with E-state index in [4.69, 9.17) is 10.3 Å². The fourth-order valence-electron chi connectivity index (χ4n) is 1.89. The molecule has 1 saturated heterocycles. The summed E-state index contributed by atoms with van der Waals surface area (Å²) in [5, 5.41) is 3.61. The van der Waals surface area contributed by atoms with Crippen LogP contribution >= 0.6 is 0 Å². The van der Waals surface area contributed by atoms with Gasteiger partial charge in [-0.15, -0.1) is 0 Å². The maximum atomic E-state index is 11.7. The summed E-state index contributed by atoms with van der Waals surface area (Å²) in [5.41, 5.74) is 9.28. The zero-order valence-corrected chi connectivity index (χ0v) is 9.90. The third kappa shape index (κ3) is 4.19. The molecular weight excluding hydrogens is 244 g/mol. The number of likely N-dealkylation sites (tertiary alicyclic amines) is 1. The molecule has 2 rings (SSSR count). The first-order valence-corrected chi connectivity index (χ1v) is 5.79. The summed E-state index contributed by atoms with van der Waals surface area (Å²) in [6.07, 6.45) is 0.347. The summed E-state index contributed by atoms with van der Waals surface area (Å²) in [4.78, 5) is 16.1. The normalized spacial score (nSPS) is 17.3. The van der Waals surface area contributed by atoms with Crippen molar-refractivity contribution in [2.24, 2.45) is 5.11 Å². The Morgan fingerprint density at radius 1 is 1.47 bits per heavy atom. The first-order valence-electron chi connectivity index (χ1n) is 5.79. The lowest BCUT2D eigenvalue weighted by Gasteiger charge is -2.15. The van der Waals surface area contributed by atoms with Gasteiger partial charge in [-0.3, -0.25) is 0 Å². The molecule has 19 heavy (non-hydrogen) atoms. The summed E-state index contributed by atoms with van der Waals surface area (Å²) in [6, 6.07) is 9.39. The van der Waals surface area contributed by atoms with Crippen LogP contribution in [-0.2, 0) is 11.3 Å². The fourth-order valence-corrected chi connectivity index (χ4v) is 1.89. The smallest absolute Gasteiger partial charge is 0.410 e. The molecule has 0 spiro atoms. The molecule has 0 bridgehead atoms. The first kappa shape index (κ1) is 14.9. The molecule has 1 aliphatic rings. The van der Waals surface area contributed by atoms with Crippen LogP contribution in [0.4, 0.5) is 4.79 Å². The Kier molecular flexibility index (Phi) is 5.70. The molecule has 0 saturated carbocycles. The zero-order chi connectivity index (χ0) is 12.8. The number of carbonyl (C=O) groups is 1.